The first kappa shape index (κ1) is 12.1. The number of carbonyl (C=O) groups excluding carboxylic acids is 1. The van der Waals surface area contributed by atoms with Crippen molar-refractivity contribution in [3.63, 3.8) is 0 Å². The van der Waals surface area contributed by atoms with Crippen molar-refractivity contribution in [3.05, 3.63) is 42.2 Å². The second-order valence-corrected chi connectivity index (χ2v) is 3.53. The lowest BCUT2D eigenvalue weighted by molar-refractivity contribution is 0.0474. The zero-order valence-electron chi connectivity index (χ0n) is 9.54. The van der Waals surface area contributed by atoms with Crippen LogP contribution in [0.2, 0.25) is 0 Å². The van der Waals surface area contributed by atoms with Gasteiger partial charge in [-0.1, -0.05) is 12.1 Å². The summed E-state index contributed by atoms with van der Waals surface area (Å²) in [6.07, 6.45) is 1.59. The van der Waals surface area contributed by atoms with Crippen molar-refractivity contribution in [1.82, 2.24) is 9.78 Å². The zero-order valence-corrected chi connectivity index (χ0v) is 9.54. The third kappa shape index (κ3) is 2.48. The first-order chi connectivity index (χ1) is 8.72. The van der Waals surface area contributed by atoms with Gasteiger partial charge in [0.1, 0.15) is 13.3 Å². The number of hydrogen-bond acceptors (Lipinski definition) is 4. The Kier molecular flexibility index (Phi) is 3.57. The van der Waals surface area contributed by atoms with Crippen molar-refractivity contribution in [2.75, 3.05) is 19.0 Å². The van der Waals surface area contributed by atoms with E-state index >= 15 is 0 Å². The van der Waals surface area contributed by atoms with E-state index in [-0.39, 0.29) is 12.3 Å². The SMILES string of the molecule is Nc1ccccc1-n1ccc(C(=O)OCCF)n1. The van der Waals surface area contributed by atoms with Gasteiger partial charge in [-0.2, -0.15) is 5.10 Å². The standard InChI is InChI=1S/C12H12FN3O2/c13-6-8-18-12(17)10-5-7-16(15-10)11-4-2-1-3-9(11)14/h1-5,7H,6,8,14H2. The number of halogens is 1. The van der Waals surface area contributed by atoms with Gasteiger partial charge in [0, 0.05) is 6.20 Å². The largest absolute Gasteiger partial charge is 0.458 e. The molecule has 1 aromatic carbocycles. The Balaban J connectivity index is 2.21. The molecule has 94 valence electrons. The van der Waals surface area contributed by atoms with Crippen LogP contribution < -0.4 is 5.73 Å². The number of anilines is 1. The molecule has 1 aromatic heterocycles. The van der Waals surface area contributed by atoms with Gasteiger partial charge >= 0.3 is 5.97 Å². The number of hydrogen-bond donors (Lipinski definition) is 1. The van der Waals surface area contributed by atoms with Crippen LogP contribution in [0.5, 0.6) is 0 Å². The summed E-state index contributed by atoms with van der Waals surface area (Å²) in [4.78, 5) is 11.4. The molecule has 0 aliphatic heterocycles. The predicted molar refractivity (Wildman–Crippen MR) is 64.2 cm³/mol. The van der Waals surface area contributed by atoms with E-state index in [4.69, 9.17) is 5.73 Å². The minimum Gasteiger partial charge on any atom is -0.458 e. The molecule has 2 rings (SSSR count). The summed E-state index contributed by atoms with van der Waals surface area (Å²) in [5.74, 6) is -0.652. The van der Waals surface area contributed by atoms with Crippen LogP contribution in [0.4, 0.5) is 10.1 Å². The summed E-state index contributed by atoms with van der Waals surface area (Å²) < 4.78 is 18.0. The first-order valence-electron chi connectivity index (χ1n) is 5.36. The van der Waals surface area contributed by atoms with E-state index in [1.165, 1.54) is 10.7 Å². The van der Waals surface area contributed by atoms with Crippen molar-refractivity contribution in [3.8, 4) is 5.69 Å². The quantitative estimate of drug-likeness (QED) is 0.659. The number of benzene rings is 1. The Morgan fingerprint density at radius 2 is 2.17 bits per heavy atom. The molecule has 0 aliphatic rings. The fraction of sp³-hybridized carbons (Fsp3) is 0.167. The number of nitrogens with zero attached hydrogens (tertiary/aromatic N) is 2. The van der Waals surface area contributed by atoms with Crippen LogP contribution in [0.15, 0.2) is 36.5 Å². The molecule has 6 heteroatoms. The Labute approximate surface area is 103 Å². The molecule has 0 spiro atoms. The maximum absolute atomic E-state index is 11.9. The topological polar surface area (TPSA) is 70.1 Å². The van der Waals surface area contributed by atoms with E-state index in [9.17, 15) is 9.18 Å². The lowest BCUT2D eigenvalue weighted by atomic mass is 10.3. The highest BCUT2D eigenvalue weighted by Crippen LogP contribution is 2.15. The second-order valence-electron chi connectivity index (χ2n) is 3.53. The van der Waals surface area contributed by atoms with E-state index in [2.05, 4.69) is 9.84 Å². The molecule has 0 unspecified atom stereocenters. The molecule has 0 amide bonds. The molecule has 2 N–H and O–H groups in total. The van der Waals surface area contributed by atoms with Crippen LogP contribution in [0.1, 0.15) is 10.5 Å². The number of alkyl halides is 1. The molecule has 2 aromatic rings. The van der Waals surface area contributed by atoms with Crippen LogP contribution in [0.25, 0.3) is 5.69 Å². The molecule has 0 saturated heterocycles. The van der Waals surface area contributed by atoms with Gasteiger partial charge in [-0.3, -0.25) is 0 Å². The normalized spacial score (nSPS) is 10.3. The average molecular weight is 249 g/mol. The molecule has 1 heterocycles. The van der Waals surface area contributed by atoms with Crippen molar-refractivity contribution in [2.24, 2.45) is 0 Å². The van der Waals surface area contributed by atoms with Crippen LogP contribution in [0.3, 0.4) is 0 Å². The molecular weight excluding hydrogens is 237 g/mol. The molecule has 0 radical (unpaired) electrons. The number of ether oxygens (including phenoxy) is 1. The fourth-order valence-corrected chi connectivity index (χ4v) is 1.47. The molecule has 0 fully saturated rings. The van der Waals surface area contributed by atoms with Crippen LogP contribution >= 0.6 is 0 Å². The summed E-state index contributed by atoms with van der Waals surface area (Å²) in [6.45, 7) is -0.975. The first-order valence-corrected chi connectivity index (χ1v) is 5.36. The summed E-state index contributed by atoms with van der Waals surface area (Å²) in [5.41, 5.74) is 7.12. The van der Waals surface area contributed by atoms with Gasteiger partial charge in [0.05, 0.1) is 11.4 Å². The van der Waals surface area contributed by atoms with E-state index in [1.807, 2.05) is 6.07 Å². The Morgan fingerprint density at radius 3 is 2.89 bits per heavy atom. The number of carbonyl (C=O) groups is 1. The van der Waals surface area contributed by atoms with E-state index in [1.54, 1.807) is 24.4 Å². The van der Waals surface area contributed by atoms with Gasteiger partial charge in [0.2, 0.25) is 0 Å². The monoisotopic (exact) mass is 249 g/mol. The Hall–Kier alpha value is -2.37. The van der Waals surface area contributed by atoms with Gasteiger partial charge in [0.15, 0.2) is 5.69 Å². The molecule has 0 bridgehead atoms. The van der Waals surface area contributed by atoms with Gasteiger partial charge in [-0.25, -0.2) is 13.9 Å². The molecule has 0 saturated carbocycles. The molecule has 0 aliphatic carbocycles. The number of nitrogen functional groups attached to an aromatic ring is 1. The minimum absolute atomic E-state index is 0.117. The van der Waals surface area contributed by atoms with E-state index < -0.39 is 12.6 Å². The molecular formula is C12H12FN3O2. The highest BCUT2D eigenvalue weighted by Gasteiger charge is 2.12. The van der Waals surface area contributed by atoms with Crippen molar-refractivity contribution in [1.29, 1.82) is 0 Å². The summed E-state index contributed by atoms with van der Waals surface area (Å²) in [5, 5.41) is 4.03. The number of esters is 1. The smallest absolute Gasteiger partial charge is 0.358 e. The van der Waals surface area contributed by atoms with Crippen LogP contribution in [-0.2, 0) is 4.74 Å². The lowest BCUT2D eigenvalue weighted by Crippen LogP contribution is -2.09. The highest BCUT2D eigenvalue weighted by atomic mass is 19.1. The maximum Gasteiger partial charge on any atom is 0.358 e. The number of rotatable bonds is 4. The van der Waals surface area contributed by atoms with Crippen LogP contribution in [0, 0.1) is 0 Å². The van der Waals surface area contributed by atoms with Crippen LogP contribution in [-0.4, -0.2) is 29.0 Å². The third-order valence-corrected chi connectivity index (χ3v) is 2.29. The molecule has 5 nitrogen and oxygen atoms in total. The van der Waals surface area contributed by atoms with E-state index in [0.29, 0.717) is 11.4 Å². The van der Waals surface area contributed by atoms with Gasteiger partial charge in [-0.05, 0) is 18.2 Å². The lowest BCUT2D eigenvalue weighted by Gasteiger charge is -2.04. The number of nitrogens with two attached hydrogens (primary N) is 1. The number of para-hydroxylation sites is 2. The Morgan fingerprint density at radius 1 is 1.39 bits per heavy atom. The number of aromatic nitrogens is 2. The second kappa shape index (κ2) is 5.31. The van der Waals surface area contributed by atoms with E-state index in [0.717, 1.165) is 0 Å². The van der Waals surface area contributed by atoms with Crippen molar-refractivity contribution in [2.45, 2.75) is 0 Å². The maximum atomic E-state index is 11.9. The molecule has 18 heavy (non-hydrogen) atoms. The van der Waals surface area contributed by atoms with Gasteiger partial charge < -0.3 is 10.5 Å². The summed E-state index contributed by atoms with van der Waals surface area (Å²) in [7, 11) is 0. The van der Waals surface area contributed by atoms with Gasteiger partial charge in [0.25, 0.3) is 0 Å². The van der Waals surface area contributed by atoms with Crippen molar-refractivity contribution >= 4 is 11.7 Å². The highest BCUT2D eigenvalue weighted by molar-refractivity contribution is 5.87. The predicted octanol–water partition coefficient (Wildman–Crippen LogP) is 1.58. The summed E-state index contributed by atoms with van der Waals surface area (Å²) >= 11 is 0. The zero-order chi connectivity index (χ0) is 13.0. The molecule has 0 atom stereocenters. The van der Waals surface area contributed by atoms with Gasteiger partial charge in [-0.15, -0.1) is 0 Å². The Bertz CT molecular complexity index is 554. The summed E-state index contributed by atoms with van der Waals surface area (Å²) in [6, 6.07) is 8.62. The van der Waals surface area contributed by atoms with Crippen molar-refractivity contribution < 1.29 is 13.9 Å². The third-order valence-electron chi connectivity index (χ3n) is 2.29. The fourth-order valence-electron chi connectivity index (χ4n) is 1.47. The minimum atomic E-state index is -0.710. The average Bonchev–Trinajstić information content (AvgIpc) is 2.86.